The molecule has 0 aromatic carbocycles. The second-order valence-corrected chi connectivity index (χ2v) is 5.06. The Labute approximate surface area is 134 Å². The van der Waals surface area contributed by atoms with Gasteiger partial charge in [-0.15, -0.1) is 0 Å². The summed E-state index contributed by atoms with van der Waals surface area (Å²) in [6.45, 7) is -0.167. The van der Waals surface area contributed by atoms with Crippen LogP contribution in [0.25, 0.3) is 11.2 Å². The predicted octanol–water partition coefficient (Wildman–Crippen LogP) is -0.823. The Kier molecular flexibility index (Phi) is 3.86. The van der Waals surface area contributed by atoms with E-state index in [-0.39, 0.29) is 17.7 Å². The lowest BCUT2D eigenvalue weighted by Gasteiger charge is -2.05. The molecule has 3 aromatic heterocycles. The molecular formula is C14H14N6O4. The molecule has 0 spiro atoms. The monoisotopic (exact) mass is 330 g/mol. The minimum absolute atomic E-state index is 0.167. The molecule has 0 saturated carbocycles. The lowest BCUT2D eigenvalue weighted by molar-refractivity contribution is -0.121. The maximum absolute atomic E-state index is 12.2. The Hall–Kier alpha value is -3.43. The number of hydrogen-bond donors (Lipinski definition) is 1. The number of carbonyl (C=O) groups is 1. The number of fused-ring (bicyclic) bond motifs is 1. The fraction of sp³-hybridized carbons (Fsp3) is 0.214. The van der Waals surface area contributed by atoms with Gasteiger partial charge in [-0.3, -0.25) is 18.7 Å². The van der Waals surface area contributed by atoms with E-state index < -0.39 is 17.2 Å². The van der Waals surface area contributed by atoms with E-state index in [1.807, 2.05) is 0 Å². The van der Waals surface area contributed by atoms with Crippen molar-refractivity contribution in [2.45, 2.75) is 6.54 Å². The summed E-state index contributed by atoms with van der Waals surface area (Å²) in [6, 6.07) is 3.38. The van der Waals surface area contributed by atoms with Gasteiger partial charge in [0.1, 0.15) is 12.3 Å². The maximum Gasteiger partial charge on any atom is 0.332 e. The van der Waals surface area contributed by atoms with E-state index in [0.717, 1.165) is 4.57 Å². The van der Waals surface area contributed by atoms with Crippen LogP contribution in [0.2, 0.25) is 0 Å². The number of furan rings is 1. The van der Waals surface area contributed by atoms with Crippen LogP contribution in [-0.4, -0.2) is 30.8 Å². The number of imidazole rings is 1. The minimum atomic E-state index is -0.516. The number of aromatic nitrogens is 4. The Balaban J connectivity index is 1.84. The zero-order valence-corrected chi connectivity index (χ0v) is 13.0. The maximum atomic E-state index is 12.2. The standard InChI is InChI=1S/C14H14N6O4/c1-18-12-11(13(22)19(2)14(18)23)20(8-15-12)7-10(21)17-16-6-9-4-3-5-24-9/h3-6,8H,7H2,1-2H3,(H,17,21)/b16-6-. The van der Waals surface area contributed by atoms with Crippen molar-refractivity contribution < 1.29 is 9.21 Å². The molecule has 0 aliphatic rings. The SMILES string of the molecule is Cn1c(=O)c2c(ncn2CC(=O)N/N=C\c2ccco2)n(C)c1=O. The van der Waals surface area contributed by atoms with Gasteiger partial charge in [0.25, 0.3) is 11.5 Å². The Bertz CT molecular complexity index is 1040. The number of aryl methyl sites for hydroxylation is 1. The van der Waals surface area contributed by atoms with E-state index in [2.05, 4.69) is 15.5 Å². The van der Waals surface area contributed by atoms with E-state index >= 15 is 0 Å². The Morgan fingerprint density at radius 1 is 1.38 bits per heavy atom. The molecule has 3 heterocycles. The highest BCUT2D eigenvalue weighted by Crippen LogP contribution is 2.05. The summed E-state index contributed by atoms with van der Waals surface area (Å²) in [5.74, 6) is 0.0419. The summed E-state index contributed by atoms with van der Waals surface area (Å²) in [4.78, 5) is 40.1. The molecule has 0 unspecified atom stereocenters. The number of rotatable bonds is 4. The molecule has 3 aromatic rings. The predicted molar refractivity (Wildman–Crippen MR) is 84.7 cm³/mol. The minimum Gasteiger partial charge on any atom is -0.463 e. The number of hydrogen-bond acceptors (Lipinski definition) is 6. The fourth-order valence-corrected chi connectivity index (χ4v) is 2.24. The van der Waals surface area contributed by atoms with Crippen LogP contribution in [-0.2, 0) is 25.4 Å². The topological polar surface area (TPSA) is 116 Å². The third kappa shape index (κ3) is 2.64. The first kappa shape index (κ1) is 15.5. The molecule has 0 saturated heterocycles. The van der Waals surface area contributed by atoms with Crippen molar-refractivity contribution in [3.63, 3.8) is 0 Å². The van der Waals surface area contributed by atoms with Gasteiger partial charge in [-0.05, 0) is 12.1 Å². The average Bonchev–Trinajstić information content (AvgIpc) is 3.21. The average molecular weight is 330 g/mol. The van der Waals surface area contributed by atoms with Gasteiger partial charge in [0.2, 0.25) is 0 Å². The van der Waals surface area contributed by atoms with Gasteiger partial charge in [-0.1, -0.05) is 0 Å². The van der Waals surface area contributed by atoms with Crippen molar-refractivity contribution in [3.05, 3.63) is 51.3 Å². The lowest BCUT2D eigenvalue weighted by atomic mass is 10.4. The van der Waals surface area contributed by atoms with Crippen LogP contribution in [0.3, 0.4) is 0 Å². The molecule has 1 N–H and O–H groups in total. The smallest absolute Gasteiger partial charge is 0.332 e. The molecule has 10 heteroatoms. The third-order valence-corrected chi connectivity index (χ3v) is 3.46. The highest BCUT2D eigenvalue weighted by molar-refractivity contribution is 5.81. The second kappa shape index (κ2) is 5.99. The van der Waals surface area contributed by atoms with Crippen LogP contribution in [0.4, 0.5) is 0 Å². The molecule has 0 aliphatic carbocycles. The van der Waals surface area contributed by atoms with Crippen molar-refractivity contribution in [1.29, 1.82) is 0 Å². The normalized spacial score (nSPS) is 11.4. The second-order valence-electron chi connectivity index (χ2n) is 5.06. The number of amides is 1. The van der Waals surface area contributed by atoms with Gasteiger partial charge in [-0.25, -0.2) is 15.2 Å². The van der Waals surface area contributed by atoms with Crippen LogP contribution >= 0.6 is 0 Å². The fourth-order valence-electron chi connectivity index (χ4n) is 2.24. The highest BCUT2D eigenvalue weighted by Gasteiger charge is 2.15. The largest absolute Gasteiger partial charge is 0.463 e. The van der Waals surface area contributed by atoms with Gasteiger partial charge < -0.3 is 8.98 Å². The molecule has 124 valence electrons. The summed E-state index contributed by atoms with van der Waals surface area (Å²) < 4.78 is 8.63. The zero-order chi connectivity index (χ0) is 17.3. The van der Waals surface area contributed by atoms with Gasteiger partial charge in [-0.2, -0.15) is 5.10 Å². The number of nitrogens with zero attached hydrogens (tertiary/aromatic N) is 5. The molecule has 0 radical (unpaired) electrons. The number of hydrazone groups is 1. The molecule has 0 aliphatic heterocycles. The molecule has 10 nitrogen and oxygen atoms in total. The van der Waals surface area contributed by atoms with Crippen LogP contribution in [0, 0.1) is 0 Å². The summed E-state index contributed by atoms with van der Waals surface area (Å²) in [5.41, 5.74) is 1.72. The van der Waals surface area contributed by atoms with Crippen molar-refractivity contribution in [3.8, 4) is 0 Å². The van der Waals surface area contributed by atoms with Crippen molar-refractivity contribution >= 4 is 23.3 Å². The Morgan fingerprint density at radius 2 is 2.17 bits per heavy atom. The van der Waals surface area contributed by atoms with Crippen LogP contribution in [0.1, 0.15) is 5.76 Å². The number of carbonyl (C=O) groups excluding carboxylic acids is 1. The van der Waals surface area contributed by atoms with Crippen molar-refractivity contribution in [1.82, 2.24) is 24.1 Å². The molecule has 0 atom stereocenters. The van der Waals surface area contributed by atoms with Gasteiger partial charge >= 0.3 is 5.69 Å². The van der Waals surface area contributed by atoms with Crippen LogP contribution in [0.15, 0.2) is 43.8 Å². The molecular weight excluding hydrogens is 316 g/mol. The summed E-state index contributed by atoms with van der Waals surface area (Å²) in [6.07, 6.45) is 4.18. The first-order valence-corrected chi connectivity index (χ1v) is 6.95. The van der Waals surface area contributed by atoms with Gasteiger partial charge in [0.15, 0.2) is 11.2 Å². The quantitative estimate of drug-likeness (QED) is 0.495. The first-order chi connectivity index (χ1) is 11.5. The number of nitrogens with one attached hydrogen (secondary N) is 1. The summed E-state index contributed by atoms with van der Waals surface area (Å²) in [5, 5.41) is 3.76. The first-order valence-electron chi connectivity index (χ1n) is 6.95. The Morgan fingerprint density at radius 3 is 2.88 bits per heavy atom. The molecule has 0 bridgehead atoms. The third-order valence-electron chi connectivity index (χ3n) is 3.46. The van der Waals surface area contributed by atoms with Gasteiger partial charge in [0, 0.05) is 14.1 Å². The van der Waals surface area contributed by atoms with E-state index in [1.165, 1.54) is 42.0 Å². The summed E-state index contributed by atoms with van der Waals surface area (Å²) >= 11 is 0. The van der Waals surface area contributed by atoms with Crippen molar-refractivity contribution in [2.24, 2.45) is 19.2 Å². The molecule has 1 amide bonds. The van der Waals surface area contributed by atoms with Gasteiger partial charge in [0.05, 0.1) is 18.8 Å². The van der Waals surface area contributed by atoms with E-state index in [0.29, 0.717) is 5.76 Å². The molecule has 3 rings (SSSR count). The summed E-state index contributed by atoms with van der Waals surface area (Å²) in [7, 11) is 2.88. The molecule has 0 fully saturated rings. The van der Waals surface area contributed by atoms with E-state index in [9.17, 15) is 14.4 Å². The van der Waals surface area contributed by atoms with Crippen LogP contribution in [0.5, 0.6) is 0 Å². The van der Waals surface area contributed by atoms with E-state index in [4.69, 9.17) is 4.42 Å². The molecule has 24 heavy (non-hydrogen) atoms. The highest BCUT2D eigenvalue weighted by atomic mass is 16.3. The van der Waals surface area contributed by atoms with Crippen LogP contribution < -0.4 is 16.7 Å². The van der Waals surface area contributed by atoms with Crippen molar-refractivity contribution in [2.75, 3.05) is 0 Å². The lowest BCUT2D eigenvalue weighted by Crippen LogP contribution is -2.38. The van der Waals surface area contributed by atoms with E-state index in [1.54, 1.807) is 12.1 Å². The zero-order valence-electron chi connectivity index (χ0n) is 13.0.